The molecule has 2 heterocycles. The monoisotopic (exact) mass is 285 g/mol. The molecule has 7 nitrogen and oxygen atoms in total. The molecule has 0 radical (unpaired) electrons. The molecule has 0 aliphatic heterocycles. The fourth-order valence-corrected chi connectivity index (χ4v) is 2.89. The molecule has 0 saturated carbocycles. The lowest BCUT2D eigenvalue weighted by Crippen LogP contribution is -2.24. The minimum absolute atomic E-state index is 0.0405. The number of furan rings is 1. The van der Waals surface area contributed by atoms with Gasteiger partial charge < -0.3 is 9.52 Å². The van der Waals surface area contributed by atoms with E-state index in [1.54, 1.807) is 24.0 Å². The average Bonchev–Trinajstić information content (AvgIpc) is 2.93. The first-order valence-corrected chi connectivity index (χ1v) is 7.09. The number of aryl methyl sites for hydroxylation is 2. The third kappa shape index (κ3) is 2.86. The predicted molar refractivity (Wildman–Crippen MR) is 66.6 cm³/mol. The van der Waals surface area contributed by atoms with Crippen LogP contribution < -0.4 is 4.72 Å². The SMILES string of the molecule is Cc1oc(CO)cc1S(=O)(=O)NCc1ccnn1C. The number of rotatable bonds is 5. The number of aliphatic hydroxyl groups is 1. The third-order valence-corrected chi connectivity index (χ3v) is 4.24. The second kappa shape index (κ2) is 5.16. The van der Waals surface area contributed by atoms with Gasteiger partial charge >= 0.3 is 0 Å². The Balaban J connectivity index is 2.18. The Morgan fingerprint density at radius 1 is 1.53 bits per heavy atom. The zero-order chi connectivity index (χ0) is 14.0. The molecule has 104 valence electrons. The maximum atomic E-state index is 12.1. The Morgan fingerprint density at radius 2 is 2.26 bits per heavy atom. The number of hydrogen-bond donors (Lipinski definition) is 2. The minimum Gasteiger partial charge on any atom is -0.462 e. The summed E-state index contributed by atoms with van der Waals surface area (Å²) in [6, 6.07) is 3.05. The van der Waals surface area contributed by atoms with E-state index in [1.807, 2.05) is 0 Å². The molecule has 0 amide bonds. The van der Waals surface area contributed by atoms with Crippen molar-refractivity contribution in [2.24, 2.45) is 7.05 Å². The van der Waals surface area contributed by atoms with E-state index in [0.717, 1.165) is 5.69 Å². The van der Waals surface area contributed by atoms with Crippen molar-refractivity contribution in [2.75, 3.05) is 0 Å². The largest absolute Gasteiger partial charge is 0.462 e. The lowest BCUT2D eigenvalue weighted by Gasteiger charge is -2.05. The number of nitrogens with zero attached hydrogens (tertiary/aromatic N) is 2. The molecule has 2 aromatic heterocycles. The zero-order valence-electron chi connectivity index (χ0n) is 10.6. The van der Waals surface area contributed by atoms with Gasteiger partial charge in [-0.2, -0.15) is 5.10 Å². The van der Waals surface area contributed by atoms with Crippen molar-refractivity contribution in [2.45, 2.75) is 25.0 Å². The fourth-order valence-electron chi connectivity index (χ4n) is 1.69. The summed E-state index contributed by atoms with van der Waals surface area (Å²) < 4.78 is 33.4. The van der Waals surface area contributed by atoms with Crippen LogP contribution in [0, 0.1) is 6.92 Å². The van der Waals surface area contributed by atoms with E-state index in [2.05, 4.69) is 9.82 Å². The van der Waals surface area contributed by atoms with Crippen LogP contribution in [0.3, 0.4) is 0 Å². The Bertz CT molecular complexity index is 672. The molecule has 0 spiro atoms. The molecule has 2 aromatic rings. The molecule has 0 aromatic carbocycles. The highest BCUT2D eigenvalue weighted by atomic mass is 32.2. The zero-order valence-corrected chi connectivity index (χ0v) is 11.4. The molecule has 0 saturated heterocycles. The minimum atomic E-state index is -3.67. The molecule has 0 aliphatic carbocycles. The summed E-state index contributed by atoms with van der Waals surface area (Å²) in [7, 11) is -1.94. The van der Waals surface area contributed by atoms with Crippen LogP contribution in [0.15, 0.2) is 27.6 Å². The average molecular weight is 285 g/mol. The van der Waals surface area contributed by atoms with Gasteiger partial charge in [0, 0.05) is 19.3 Å². The van der Waals surface area contributed by atoms with Crippen molar-refractivity contribution >= 4 is 10.0 Å². The van der Waals surface area contributed by atoms with Gasteiger partial charge in [-0.15, -0.1) is 0 Å². The van der Waals surface area contributed by atoms with Crippen LogP contribution in [0.5, 0.6) is 0 Å². The van der Waals surface area contributed by atoms with Gasteiger partial charge in [0.1, 0.15) is 23.0 Å². The van der Waals surface area contributed by atoms with Gasteiger partial charge in [0.2, 0.25) is 10.0 Å². The summed E-state index contributed by atoms with van der Waals surface area (Å²) in [4.78, 5) is 0.0405. The van der Waals surface area contributed by atoms with Crippen LogP contribution in [-0.4, -0.2) is 23.3 Å². The molecular weight excluding hydrogens is 270 g/mol. The fraction of sp³-hybridized carbons (Fsp3) is 0.364. The van der Waals surface area contributed by atoms with Crippen molar-refractivity contribution in [3.63, 3.8) is 0 Å². The van der Waals surface area contributed by atoms with E-state index >= 15 is 0 Å². The summed E-state index contributed by atoms with van der Waals surface area (Å²) in [6.45, 7) is 1.34. The van der Waals surface area contributed by atoms with Gasteiger partial charge in [0.15, 0.2) is 0 Å². The van der Waals surface area contributed by atoms with Crippen LogP contribution >= 0.6 is 0 Å². The highest BCUT2D eigenvalue weighted by Crippen LogP contribution is 2.20. The van der Waals surface area contributed by atoms with Crippen LogP contribution in [0.2, 0.25) is 0 Å². The van der Waals surface area contributed by atoms with Crippen molar-refractivity contribution in [1.29, 1.82) is 0 Å². The number of hydrogen-bond acceptors (Lipinski definition) is 5. The summed E-state index contributed by atoms with van der Waals surface area (Å²) in [5.41, 5.74) is 0.743. The van der Waals surface area contributed by atoms with Crippen molar-refractivity contribution in [1.82, 2.24) is 14.5 Å². The first kappa shape index (κ1) is 13.8. The van der Waals surface area contributed by atoms with Crippen LogP contribution in [0.25, 0.3) is 0 Å². The molecule has 19 heavy (non-hydrogen) atoms. The predicted octanol–water partition coefficient (Wildman–Crippen LogP) is 0.292. The smallest absolute Gasteiger partial charge is 0.244 e. The molecule has 8 heteroatoms. The second-order valence-electron chi connectivity index (χ2n) is 4.06. The van der Waals surface area contributed by atoms with E-state index in [4.69, 9.17) is 9.52 Å². The number of sulfonamides is 1. The van der Waals surface area contributed by atoms with E-state index in [0.29, 0.717) is 0 Å². The maximum Gasteiger partial charge on any atom is 0.244 e. The highest BCUT2D eigenvalue weighted by Gasteiger charge is 2.21. The summed E-state index contributed by atoms with van der Waals surface area (Å²) in [5, 5.41) is 12.9. The van der Waals surface area contributed by atoms with Gasteiger partial charge in [-0.25, -0.2) is 13.1 Å². The number of aliphatic hydroxyl groups excluding tert-OH is 1. The molecule has 0 bridgehead atoms. The topological polar surface area (TPSA) is 97.4 Å². The third-order valence-electron chi connectivity index (χ3n) is 2.73. The second-order valence-corrected chi connectivity index (χ2v) is 5.80. The highest BCUT2D eigenvalue weighted by molar-refractivity contribution is 7.89. The summed E-state index contributed by atoms with van der Waals surface area (Å²) in [6.07, 6.45) is 1.59. The standard InChI is InChI=1S/C11H15N3O4S/c1-8-11(5-10(7-15)18-8)19(16,17)13-6-9-3-4-12-14(9)2/h3-5,13,15H,6-7H2,1-2H3. The van der Waals surface area contributed by atoms with Gasteiger partial charge in [0.25, 0.3) is 0 Å². The number of nitrogens with one attached hydrogen (secondary N) is 1. The van der Waals surface area contributed by atoms with Crippen molar-refractivity contribution in [3.05, 3.63) is 35.5 Å². The van der Waals surface area contributed by atoms with E-state index < -0.39 is 10.0 Å². The Kier molecular flexibility index (Phi) is 3.74. The lowest BCUT2D eigenvalue weighted by atomic mass is 10.4. The lowest BCUT2D eigenvalue weighted by molar-refractivity contribution is 0.244. The van der Waals surface area contributed by atoms with Gasteiger partial charge in [-0.05, 0) is 13.0 Å². The molecule has 2 N–H and O–H groups in total. The van der Waals surface area contributed by atoms with Crippen molar-refractivity contribution < 1.29 is 17.9 Å². The van der Waals surface area contributed by atoms with Gasteiger partial charge in [-0.3, -0.25) is 4.68 Å². The molecule has 2 rings (SSSR count). The van der Waals surface area contributed by atoms with Crippen molar-refractivity contribution in [3.8, 4) is 0 Å². The number of aromatic nitrogens is 2. The molecule has 0 atom stereocenters. The van der Waals surface area contributed by atoms with Gasteiger partial charge in [0.05, 0.1) is 12.2 Å². The molecular formula is C11H15N3O4S. The molecule has 0 aliphatic rings. The summed E-state index contributed by atoms with van der Waals surface area (Å²) >= 11 is 0. The molecule has 0 fully saturated rings. The van der Waals surface area contributed by atoms with Crippen LogP contribution in [0.4, 0.5) is 0 Å². The van der Waals surface area contributed by atoms with Crippen LogP contribution in [0.1, 0.15) is 17.2 Å². The quantitative estimate of drug-likeness (QED) is 0.823. The Labute approximate surface area is 110 Å². The summed E-state index contributed by atoms with van der Waals surface area (Å²) in [5.74, 6) is 0.472. The molecule has 0 unspecified atom stereocenters. The Morgan fingerprint density at radius 3 is 2.79 bits per heavy atom. The van der Waals surface area contributed by atoms with Crippen LogP contribution in [-0.2, 0) is 30.2 Å². The normalized spacial score (nSPS) is 11.9. The first-order valence-electron chi connectivity index (χ1n) is 5.61. The maximum absolute atomic E-state index is 12.1. The van der Waals surface area contributed by atoms with E-state index in [-0.39, 0.29) is 29.6 Å². The van der Waals surface area contributed by atoms with Gasteiger partial charge in [-0.1, -0.05) is 0 Å². The first-order chi connectivity index (χ1) is 8.94. The van der Waals surface area contributed by atoms with E-state index in [1.165, 1.54) is 13.0 Å². The van der Waals surface area contributed by atoms with E-state index in [9.17, 15) is 8.42 Å². The Hall–Kier alpha value is -1.64.